The molecular weight excluding hydrogens is 452 g/mol. The minimum atomic E-state index is -3.63. The minimum Gasteiger partial charge on any atom is -0.323 e. The number of hydrogen-bond donors (Lipinski definition) is 1. The standard InChI is InChI=1S/C23H23ClN2O3S2/c1-17-6-5-7-20(14-17)26(31(2,28)29)15-23(27)25-21-8-3-4-9-22(21)30-16-18-10-12-19(24)13-11-18/h3-14H,15-16H2,1-2H3,(H,25,27). The van der Waals surface area contributed by atoms with Gasteiger partial charge in [0.25, 0.3) is 0 Å². The summed E-state index contributed by atoms with van der Waals surface area (Å²) in [5, 5.41) is 3.54. The Morgan fingerprint density at radius 3 is 2.42 bits per heavy atom. The fraction of sp³-hybridized carbons (Fsp3) is 0.174. The molecule has 3 aromatic carbocycles. The lowest BCUT2D eigenvalue weighted by molar-refractivity contribution is -0.114. The van der Waals surface area contributed by atoms with E-state index in [0.29, 0.717) is 22.2 Å². The van der Waals surface area contributed by atoms with Crippen LogP contribution in [0.15, 0.2) is 77.7 Å². The van der Waals surface area contributed by atoms with Gasteiger partial charge >= 0.3 is 0 Å². The number of halogens is 1. The van der Waals surface area contributed by atoms with E-state index >= 15 is 0 Å². The van der Waals surface area contributed by atoms with Crippen molar-refractivity contribution in [3.8, 4) is 0 Å². The van der Waals surface area contributed by atoms with Crippen molar-refractivity contribution < 1.29 is 13.2 Å². The first-order chi connectivity index (χ1) is 14.7. The summed E-state index contributed by atoms with van der Waals surface area (Å²) in [5.41, 5.74) is 3.13. The molecule has 1 N–H and O–H groups in total. The first kappa shape index (κ1) is 23.2. The van der Waals surface area contributed by atoms with Crippen LogP contribution in [-0.2, 0) is 20.6 Å². The molecule has 0 aliphatic rings. The predicted octanol–water partition coefficient (Wildman–Crippen LogP) is 5.35. The highest BCUT2D eigenvalue weighted by Crippen LogP contribution is 2.30. The average molecular weight is 475 g/mol. The lowest BCUT2D eigenvalue weighted by Gasteiger charge is -2.22. The molecule has 162 valence electrons. The van der Waals surface area contributed by atoms with Gasteiger partial charge in [-0.2, -0.15) is 0 Å². The first-order valence-corrected chi connectivity index (χ1v) is 12.7. The van der Waals surface area contributed by atoms with Crippen LogP contribution in [0.4, 0.5) is 11.4 Å². The zero-order valence-corrected chi connectivity index (χ0v) is 19.6. The van der Waals surface area contributed by atoms with Gasteiger partial charge < -0.3 is 5.32 Å². The third-order valence-electron chi connectivity index (χ3n) is 4.45. The number of nitrogens with one attached hydrogen (secondary N) is 1. The van der Waals surface area contributed by atoms with Gasteiger partial charge in [0.05, 0.1) is 17.6 Å². The Morgan fingerprint density at radius 2 is 1.74 bits per heavy atom. The molecule has 0 spiro atoms. The normalized spacial score (nSPS) is 11.2. The monoisotopic (exact) mass is 474 g/mol. The SMILES string of the molecule is Cc1cccc(N(CC(=O)Nc2ccccc2SCc2ccc(Cl)cc2)S(C)(=O)=O)c1. The second kappa shape index (κ2) is 10.2. The first-order valence-electron chi connectivity index (χ1n) is 9.53. The largest absolute Gasteiger partial charge is 0.323 e. The maximum Gasteiger partial charge on any atom is 0.245 e. The van der Waals surface area contributed by atoms with Gasteiger partial charge in [-0.05, 0) is 54.4 Å². The molecule has 0 atom stereocenters. The van der Waals surface area contributed by atoms with Gasteiger partial charge in [0.1, 0.15) is 6.54 Å². The second-order valence-electron chi connectivity index (χ2n) is 7.07. The van der Waals surface area contributed by atoms with E-state index in [0.717, 1.165) is 26.6 Å². The summed E-state index contributed by atoms with van der Waals surface area (Å²) in [7, 11) is -3.63. The van der Waals surface area contributed by atoms with Crippen molar-refractivity contribution in [1.82, 2.24) is 0 Å². The van der Waals surface area contributed by atoms with E-state index in [1.54, 1.807) is 36.0 Å². The molecule has 0 saturated carbocycles. The summed E-state index contributed by atoms with van der Waals surface area (Å²) >= 11 is 7.52. The van der Waals surface area contributed by atoms with Gasteiger partial charge in [-0.1, -0.05) is 48.0 Å². The van der Waals surface area contributed by atoms with E-state index in [2.05, 4.69) is 5.32 Å². The van der Waals surface area contributed by atoms with Crippen molar-refractivity contribution >= 4 is 50.7 Å². The smallest absolute Gasteiger partial charge is 0.245 e. The third kappa shape index (κ3) is 6.75. The topological polar surface area (TPSA) is 66.5 Å². The Balaban J connectivity index is 1.72. The molecule has 1 amide bonds. The number of anilines is 2. The molecule has 0 aliphatic carbocycles. The molecule has 0 bridgehead atoms. The summed E-state index contributed by atoms with van der Waals surface area (Å²) in [6.45, 7) is 1.57. The fourth-order valence-electron chi connectivity index (χ4n) is 2.94. The van der Waals surface area contributed by atoms with Crippen LogP contribution in [0.1, 0.15) is 11.1 Å². The molecule has 0 heterocycles. The molecule has 0 radical (unpaired) electrons. The zero-order chi connectivity index (χ0) is 22.4. The quantitative estimate of drug-likeness (QED) is 0.447. The van der Waals surface area contributed by atoms with E-state index in [-0.39, 0.29) is 6.54 Å². The maximum atomic E-state index is 12.8. The summed E-state index contributed by atoms with van der Waals surface area (Å²) in [6.07, 6.45) is 1.10. The van der Waals surface area contributed by atoms with Gasteiger partial charge in [-0.25, -0.2) is 8.42 Å². The van der Waals surface area contributed by atoms with Gasteiger partial charge in [0, 0.05) is 15.7 Å². The lowest BCUT2D eigenvalue weighted by atomic mass is 10.2. The fourth-order valence-corrected chi connectivity index (χ4v) is 4.88. The average Bonchev–Trinajstić information content (AvgIpc) is 2.72. The molecule has 0 unspecified atom stereocenters. The highest BCUT2D eigenvalue weighted by molar-refractivity contribution is 7.98. The van der Waals surface area contributed by atoms with E-state index < -0.39 is 15.9 Å². The Bertz CT molecular complexity index is 1170. The third-order valence-corrected chi connectivity index (χ3v) is 6.98. The number of para-hydroxylation sites is 1. The number of carbonyl (C=O) groups is 1. The van der Waals surface area contributed by atoms with Crippen LogP contribution in [0.2, 0.25) is 5.02 Å². The van der Waals surface area contributed by atoms with Crippen molar-refractivity contribution in [2.24, 2.45) is 0 Å². The molecule has 5 nitrogen and oxygen atoms in total. The lowest BCUT2D eigenvalue weighted by Crippen LogP contribution is -2.37. The van der Waals surface area contributed by atoms with Crippen molar-refractivity contribution in [1.29, 1.82) is 0 Å². The highest BCUT2D eigenvalue weighted by atomic mass is 35.5. The number of sulfonamides is 1. The number of rotatable bonds is 8. The molecule has 31 heavy (non-hydrogen) atoms. The number of amides is 1. The zero-order valence-electron chi connectivity index (χ0n) is 17.2. The molecule has 0 fully saturated rings. The van der Waals surface area contributed by atoms with Crippen LogP contribution in [0.25, 0.3) is 0 Å². The molecule has 3 aromatic rings. The molecule has 3 rings (SSSR count). The second-order valence-corrected chi connectivity index (χ2v) is 10.4. The number of hydrogen-bond acceptors (Lipinski definition) is 4. The van der Waals surface area contributed by atoms with E-state index in [4.69, 9.17) is 11.6 Å². The number of aryl methyl sites for hydroxylation is 1. The van der Waals surface area contributed by atoms with Gasteiger partial charge in [-0.15, -0.1) is 11.8 Å². The van der Waals surface area contributed by atoms with Gasteiger partial charge in [0.2, 0.25) is 15.9 Å². The van der Waals surface area contributed by atoms with Crippen molar-refractivity contribution in [2.45, 2.75) is 17.6 Å². The van der Waals surface area contributed by atoms with E-state index in [9.17, 15) is 13.2 Å². The Morgan fingerprint density at radius 1 is 1.03 bits per heavy atom. The predicted molar refractivity (Wildman–Crippen MR) is 129 cm³/mol. The molecule has 0 aliphatic heterocycles. The summed E-state index contributed by atoms with van der Waals surface area (Å²) in [5.74, 6) is 0.300. The van der Waals surface area contributed by atoms with Crippen LogP contribution < -0.4 is 9.62 Å². The number of benzene rings is 3. The van der Waals surface area contributed by atoms with Crippen molar-refractivity contribution in [2.75, 3.05) is 22.4 Å². The van der Waals surface area contributed by atoms with Gasteiger partial charge in [0.15, 0.2) is 0 Å². The van der Waals surface area contributed by atoms with Crippen LogP contribution in [0.5, 0.6) is 0 Å². The molecule has 0 saturated heterocycles. The summed E-state index contributed by atoms with van der Waals surface area (Å²) in [4.78, 5) is 13.6. The Kier molecular flexibility index (Phi) is 7.64. The number of carbonyl (C=O) groups excluding carboxylic acids is 1. The molecule has 8 heteroatoms. The van der Waals surface area contributed by atoms with E-state index in [1.807, 2.05) is 55.5 Å². The van der Waals surface area contributed by atoms with Crippen molar-refractivity contribution in [3.63, 3.8) is 0 Å². The van der Waals surface area contributed by atoms with Gasteiger partial charge in [-0.3, -0.25) is 9.10 Å². The minimum absolute atomic E-state index is 0.307. The Labute approximate surface area is 192 Å². The summed E-state index contributed by atoms with van der Waals surface area (Å²) in [6, 6.07) is 22.1. The highest BCUT2D eigenvalue weighted by Gasteiger charge is 2.21. The number of nitrogens with zero attached hydrogens (tertiary/aromatic N) is 1. The van der Waals surface area contributed by atoms with Crippen LogP contribution in [0, 0.1) is 6.92 Å². The van der Waals surface area contributed by atoms with Crippen LogP contribution >= 0.6 is 23.4 Å². The van der Waals surface area contributed by atoms with Crippen molar-refractivity contribution in [3.05, 3.63) is 88.9 Å². The summed E-state index contributed by atoms with van der Waals surface area (Å²) < 4.78 is 25.7. The van der Waals surface area contributed by atoms with E-state index in [1.165, 1.54) is 0 Å². The molecular formula is C23H23ClN2O3S2. The molecule has 0 aromatic heterocycles. The Hall–Kier alpha value is -2.48. The number of thioether (sulfide) groups is 1. The maximum absolute atomic E-state index is 12.8. The van der Waals surface area contributed by atoms with Crippen LogP contribution in [-0.4, -0.2) is 27.1 Å². The van der Waals surface area contributed by atoms with Crippen LogP contribution in [0.3, 0.4) is 0 Å².